The van der Waals surface area contributed by atoms with E-state index in [9.17, 15) is 0 Å². The fourth-order valence-corrected chi connectivity index (χ4v) is 2.01. The van der Waals surface area contributed by atoms with Gasteiger partial charge < -0.3 is 16.2 Å². The molecule has 0 bridgehead atoms. The van der Waals surface area contributed by atoms with E-state index in [4.69, 9.17) is 16.2 Å². The Morgan fingerprint density at radius 2 is 2.12 bits per heavy atom. The van der Waals surface area contributed by atoms with Gasteiger partial charge in [-0.3, -0.25) is 0 Å². The number of ether oxygens (including phenoxy) is 1. The Labute approximate surface area is 100 Å². The highest BCUT2D eigenvalue weighted by atomic mass is 32.2. The molecule has 1 aromatic carbocycles. The van der Waals surface area contributed by atoms with Gasteiger partial charge in [-0.25, -0.2) is 4.40 Å². The maximum atomic E-state index is 5.64. The van der Waals surface area contributed by atoms with Crippen LogP contribution in [0.25, 0.3) is 0 Å². The van der Waals surface area contributed by atoms with E-state index in [1.807, 2.05) is 18.2 Å². The Bertz CT molecular complexity index is 375. The summed E-state index contributed by atoms with van der Waals surface area (Å²) in [6.45, 7) is 2.24. The molecule has 0 saturated carbocycles. The molecular weight excluding hydrogens is 222 g/mol. The number of amidine groups is 1. The standard InChI is InChI=1S/C11H17N3OS/c1-8(13)14-16-7-10-5-3-4-9(6-12)11(10)15-2/h3-5H,6-7,12H2,1-2H3,(H2,13,14). The van der Waals surface area contributed by atoms with E-state index in [1.165, 1.54) is 11.9 Å². The van der Waals surface area contributed by atoms with Crippen LogP contribution in [0.3, 0.4) is 0 Å². The van der Waals surface area contributed by atoms with Crippen molar-refractivity contribution in [3.63, 3.8) is 0 Å². The third kappa shape index (κ3) is 3.43. The minimum absolute atomic E-state index is 0.473. The molecule has 0 radical (unpaired) electrons. The molecule has 0 saturated heterocycles. The van der Waals surface area contributed by atoms with Crippen molar-refractivity contribution in [3.8, 4) is 5.75 Å². The highest BCUT2D eigenvalue weighted by Gasteiger charge is 2.07. The lowest BCUT2D eigenvalue weighted by Gasteiger charge is -2.11. The molecule has 0 fully saturated rings. The van der Waals surface area contributed by atoms with Crippen molar-refractivity contribution >= 4 is 17.8 Å². The third-order valence-corrected chi connectivity index (χ3v) is 2.89. The number of benzene rings is 1. The summed E-state index contributed by atoms with van der Waals surface area (Å²) in [6, 6.07) is 5.94. The molecule has 5 heteroatoms. The SMILES string of the molecule is COc1c(CN)cccc1CS/N=C(/C)N. The van der Waals surface area contributed by atoms with Gasteiger partial charge in [-0.05, 0) is 18.9 Å². The van der Waals surface area contributed by atoms with Crippen LogP contribution in [0.15, 0.2) is 22.6 Å². The lowest BCUT2D eigenvalue weighted by atomic mass is 10.1. The van der Waals surface area contributed by atoms with Gasteiger partial charge in [0, 0.05) is 23.4 Å². The molecule has 0 aliphatic rings. The van der Waals surface area contributed by atoms with Crippen LogP contribution in [0.1, 0.15) is 18.1 Å². The van der Waals surface area contributed by atoms with Crippen LogP contribution in [-0.2, 0) is 12.3 Å². The Balaban J connectivity index is 2.82. The molecule has 88 valence electrons. The Hall–Kier alpha value is -1.20. The molecule has 0 atom stereocenters. The van der Waals surface area contributed by atoms with Crippen LogP contribution in [0.2, 0.25) is 0 Å². The Morgan fingerprint density at radius 3 is 2.69 bits per heavy atom. The van der Waals surface area contributed by atoms with Gasteiger partial charge >= 0.3 is 0 Å². The van der Waals surface area contributed by atoms with E-state index in [0.29, 0.717) is 12.4 Å². The smallest absolute Gasteiger partial charge is 0.127 e. The molecule has 0 aliphatic carbocycles. The van der Waals surface area contributed by atoms with E-state index >= 15 is 0 Å². The number of rotatable bonds is 5. The summed E-state index contributed by atoms with van der Waals surface area (Å²) in [5.74, 6) is 2.15. The average Bonchev–Trinajstić information content (AvgIpc) is 2.28. The molecule has 0 aromatic heterocycles. The predicted molar refractivity (Wildman–Crippen MR) is 69.5 cm³/mol. The molecule has 0 unspecified atom stereocenters. The van der Waals surface area contributed by atoms with Gasteiger partial charge in [0.2, 0.25) is 0 Å². The van der Waals surface area contributed by atoms with E-state index in [2.05, 4.69) is 4.40 Å². The number of nitrogens with zero attached hydrogens (tertiary/aromatic N) is 1. The maximum Gasteiger partial charge on any atom is 0.127 e. The third-order valence-electron chi connectivity index (χ3n) is 2.03. The molecule has 0 heterocycles. The molecule has 0 spiro atoms. The van der Waals surface area contributed by atoms with Crippen LogP contribution in [0.4, 0.5) is 0 Å². The van der Waals surface area contributed by atoms with E-state index in [0.717, 1.165) is 22.6 Å². The van der Waals surface area contributed by atoms with Crippen molar-refractivity contribution in [2.75, 3.05) is 7.11 Å². The first-order valence-corrected chi connectivity index (χ1v) is 5.90. The fourth-order valence-electron chi connectivity index (χ4n) is 1.38. The molecule has 4 nitrogen and oxygen atoms in total. The van der Waals surface area contributed by atoms with Crippen molar-refractivity contribution in [2.24, 2.45) is 15.9 Å². The molecule has 1 rings (SSSR count). The van der Waals surface area contributed by atoms with Gasteiger partial charge in [-0.1, -0.05) is 18.2 Å². The van der Waals surface area contributed by atoms with Crippen LogP contribution in [0.5, 0.6) is 5.75 Å². The van der Waals surface area contributed by atoms with Crippen LogP contribution in [-0.4, -0.2) is 12.9 Å². The zero-order valence-electron chi connectivity index (χ0n) is 9.56. The highest BCUT2D eigenvalue weighted by Crippen LogP contribution is 2.27. The summed E-state index contributed by atoms with van der Waals surface area (Å²) in [6.07, 6.45) is 0. The molecule has 16 heavy (non-hydrogen) atoms. The lowest BCUT2D eigenvalue weighted by molar-refractivity contribution is 0.406. The zero-order chi connectivity index (χ0) is 12.0. The van der Waals surface area contributed by atoms with Crippen molar-refractivity contribution in [2.45, 2.75) is 19.2 Å². The summed E-state index contributed by atoms with van der Waals surface area (Å²) < 4.78 is 9.43. The molecule has 1 aromatic rings. The van der Waals surface area contributed by atoms with Crippen LogP contribution < -0.4 is 16.2 Å². The molecule has 4 N–H and O–H groups in total. The zero-order valence-corrected chi connectivity index (χ0v) is 10.4. The summed E-state index contributed by atoms with van der Waals surface area (Å²) >= 11 is 1.41. The predicted octanol–water partition coefficient (Wildman–Crippen LogP) is 1.68. The lowest BCUT2D eigenvalue weighted by Crippen LogP contribution is -2.04. The van der Waals surface area contributed by atoms with Crippen molar-refractivity contribution < 1.29 is 4.74 Å². The summed E-state index contributed by atoms with van der Waals surface area (Å²) in [5.41, 5.74) is 13.2. The second-order valence-corrected chi connectivity index (χ2v) is 4.05. The normalized spacial score (nSPS) is 11.6. The molecule has 0 amide bonds. The number of nitrogens with two attached hydrogens (primary N) is 2. The van der Waals surface area contributed by atoms with Gasteiger partial charge in [0.15, 0.2) is 0 Å². The first-order valence-electron chi connectivity index (χ1n) is 4.96. The second-order valence-electron chi connectivity index (χ2n) is 3.32. The summed E-state index contributed by atoms with van der Waals surface area (Å²) in [7, 11) is 1.65. The Morgan fingerprint density at radius 1 is 1.44 bits per heavy atom. The number of para-hydroxylation sites is 1. The van der Waals surface area contributed by atoms with E-state index in [-0.39, 0.29) is 0 Å². The average molecular weight is 239 g/mol. The van der Waals surface area contributed by atoms with Gasteiger partial charge in [-0.15, -0.1) is 0 Å². The minimum Gasteiger partial charge on any atom is -0.496 e. The second kappa shape index (κ2) is 6.40. The molecule has 0 aliphatic heterocycles. The van der Waals surface area contributed by atoms with Gasteiger partial charge in [0.1, 0.15) is 11.6 Å². The van der Waals surface area contributed by atoms with Gasteiger partial charge in [0.25, 0.3) is 0 Å². The largest absolute Gasteiger partial charge is 0.496 e. The maximum absolute atomic E-state index is 5.64. The van der Waals surface area contributed by atoms with E-state index < -0.39 is 0 Å². The van der Waals surface area contributed by atoms with Crippen molar-refractivity contribution in [3.05, 3.63) is 29.3 Å². The topological polar surface area (TPSA) is 73.6 Å². The minimum atomic E-state index is 0.473. The number of methoxy groups -OCH3 is 1. The van der Waals surface area contributed by atoms with E-state index in [1.54, 1.807) is 14.0 Å². The van der Waals surface area contributed by atoms with Crippen LogP contribution >= 0.6 is 11.9 Å². The summed E-state index contributed by atoms with van der Waals surface area (Å²) in [4.78, 5) is 0. The van der Waals surface area contributed by atoms with Gasteiger partial charge in [-0.2, -0.15) is 0 Å². The quantitative estimate of drug-likeness (QED) is 0.466. The summed E-state index contributed by atoms with van der Waals surface area (Å²) in [5, 5.41) is 0. The number of hydrogen-bond acceptors (Lipinski definition) is 4. The van der Waals surface area contributed by atoms with Crippen LogP contribution in [0, 0.1) is 0 Å². The van der Waals surface area contributed by atoms with Gasteiger partial charge in [0.05, 0.1) is 7.11 Å². The first-order chi connectivity index (χ1) is 7.69. The van der Waals surface area contributed by atoms with Crippen molar-refractivity contribution in [1.29, 1.82) is 0 Å². The molecular formula is C11H17N3OS. The highest BCUT2D eigenvalue weighted by molar-refractivity contribution is 7.97. The number of hydrogen-bond donors (Lipinski definition) is 2. The monoisotopic (exact) mass is 239 g/mol. The Kier molecular flexibility index (Phi) is 5.14. The first kappa shape index (κ1) is 12.9. The fraction of sp³-hybridized carbons (Fsp3) is 0.364. The van der Waals surface area contributed by atoms with Crippen molar-refractivity contribution in [1.82, 2.24) is 0 Å².